The molecule has 1 unspecified atom stereocenters. The van der Waals surface area contributed by atoms with Crippen molar-refractivity contribution in [1.82, 2.24) is 0 Å². The van der Waals surface area contributed by atoms with Crippen molar-refractivity contribution in [3.63, 3.8) is 0 Å². The molecule has 0 spiro atoms. The minimum absolute atomic E-state index is 0.0764. The molecule has 0 aliphatic carbocycles. The van der Waals surface area contributed by atoms with Crippen molar-refractivity contribution in [3.8, 4) is 0 Å². The molecule has 1 aliphatic rings. The summed E-state index contributed by atoms with van der Waals surface area (Å²) in [6.45, 7) is 0.778. The Balaban J connectivity index is 2.38. The van der Waals surface area contributed by atoms with E-state index < -0.39 is 0 Å². The lowest BCUT2D eigenvalue weighted by Crippen LogP contribution is -2.22. The molecular weight excluding hydrogens is 244 g/mol. The van der Waals surface area contributed by atoms with Gasteiger partial charge in [-0.25, -0.2) is 0 Å². The Morgan fingerprint density at radius 2 is 2.43 bits per heavy atom. The number of carbonyl (C=O) groups excluding carboxylic acids is 1. The minimum Gasteiger partial charge on any atom is -0.384 e. The number of benzene rings is 1. The molecular formula is C10H11BrN2O. The van der Waals surface area contributed by atoms with Gasteiger partial charge >= 0.3 is 0 Å². The SMILES string of the molecule is NCC(=O)C1CNc2ccc(Br)cc21. The van der Waals surface area contributed by atoms with E-state index >= 15 is 0 Å². The summed E-state index contributed by atoms with van der Waals surface area (Å²) < 4.78 is 0.995. The third kappa shape index (κ3) is 1.55. The predicted octanol–water partition coefficient (Wildman–Crippen LogP) is 1.49. The maximum atomic E-state index is 11.5. The van der Waals surface area contributed by atoms with Crippen molar-refractivity contribution in [2.45, 2.75) is 5.92 Å². The van der Waals surface area contributed by atoms with Crippen LogP contribution in [-0.4, -0.2) is 18.9 Å². The number of hydrogen-bond acceptors (Lipinski definition) is 3. The molecule has 0 saturated carbocycles. The van der Waals surface area contributed by atoms with Gasteiger partial charge in [-0.1, -0.05) is 15.9 Å². The zero-order chi connectivity index (χ0) is 10.1. The van der Waals surface area contributed by atoms with E-state index in [-0.39, 0.29) is 18.2 Å². The summed E-state index contributed by atoms with van der Waals surface area (Å²) in [5, 5.41) is 3.20. The second-order valence-corrected chi connectivity index (χ2v) is 4.25. The molecule has 2 rings (SSSR count). The average Bonchev–Trinajstić information content (AvgIpc) is 2.59. The quantitative estimate of drug-likeness (QED) is 0.841. The molecule has 1 aliphatic heterocycles. The Morgan fingerprint density at radius 3 is 3.14 bits per heavy atom. The number of ketones is 1. The van der Waals surface area contributed by atoms with Gasteiger partial charge in [0.1, 0.15) is 0 Å². The second kappa shape index (κ2) is 3.71. The van der Waals surface area contributed by atoms with Crippen molar-refractivity contribution in [3.05, 3.63) is 28.2 Å². The predicted molar refractivity (Wildman–Crippen MR) is 59.4 cm³/mol. The molecule has 0 radical (unpaired) electrons. The molecule has 0 bridgehead atoms. The van der Waals surface area contributed by atoms with Crippen LogP contribution >= 0.6 is 15.9 Å². The van der Waals surface area contributed by atoms with Crippen LogP contribution in [0.4, 0.5) is 5.69 Å². The number of nitrogens with one attached hydrogen (secondary N) is 1. The van der Waals surface area contributed by atoms with Gasteiger partial charge in [-0.3, -0.25) is 4.79 Å². The minimum atomic E-state index is -0.0764. The van der Waals surface area contributed by atoms with Crippen LogP contribution in [0.2, 0.25) is 0 Å². The molecule has 14 heavy (non-hydrogen) atoms. The molecule has 1 aromatic rings. The fourth-order valence-electron chi connectivity index (χ4n) is 1.73. The highest BCUT2D eigenvalue weighted by molar-refractivity contribution is 9.10. The van der Waals surface area contributed by atoms with Gasteiger partial charge in [0.25, 0.3) is 0 Å². The van der Waals surface area contributed by atoms with E-state index in [1.165, 1.54) is 0 Å². The van der Waals surface area contributed by atoms with Gasteiger partial charge in [0.2, 0.25) is 0 Å². The molecule has 0 amide bonds. The Morgan fingerprint density at radius 1 is 1.64 bits per heavy atom. The Labute approximate surface area is 90.8 Å². The third-order valence-corrected chi connectivity index (χ3v) is 2.97. The smallest absolute Gasteiger partial charge is 0.155 e. The van der Waals surface area contributed by atoms with Crippen LogP contribution < -0.4 is 11.1 Å². The highest BCUT2D eigenvalue weighted by Crippen LogP contribution is 2.33. The summed E-state index contributed by atoms with van der Waals surface area (Å²) in [7, 11) is 0. The number of anilines is 1. The Bertz CT molecular complexity index is 378. The number of Topliss-reactive ketones (excluding diaryl/α,β-unsaturated/α-hetero) is 1. The van der Waals surface area contributed by atoms with E-state index in [9.17, 15) is 4.79 Å². The topological polar surface area (TPSA) is 55.1 Å². The zero-order valence-corrected chi connectivity index (χ0v) is 9.17. The number of nitrogens with two attached hydrogens (primary N) is 1. The van der Waals surface area contributed by atoms with Crippen molar-refractivity contribution in [2.24, 2.45) is 5.73 Å². The summed E-state index contributed by atoms with van der Waals surface area (Å²) in [5.41, 5.74) is 7.45. The van der Waals surface area contributed by atoms with Crippen LogP contribution in [0.1, 0.15) is 11.5 Å². The number of rotatable bonds is 2. The lowest BCUT2D eigenvalue weighted by molar-refractivity contribution is -0.118. The van der Waals surface area contributed by atoms with Gasteiger partial charge in [0, 0.05) is 16.7 Å². The first-order valence-electron chi connectivity index (χ1n) is 4.48. The highest BCUT2D eigenvalue weighted by Gasteiger charge is 2.27. The number of carbonyl (C=O) groups is 1. The number of fused-ring (bicyclic) bond motifs is 1. The Hall–Kier alpha value is -0.870. The molecule has 3 nitrogen and oxygen atoms in total. The molecule has 4 heteroatoms. The van der Waals surface area contributed by atoms with Crippen LogP contribution in [0.3, 0.4) is 0 Å². The van der Waals surface area contributed by atoms with Gasteiger partial charge < -0.3 is 11.1 Å². The standard InChI is InChI=1S/C10H11BrN2O/c11-6-1-2-9-7(3-6)8(5-13-9)10(14)4-12/h1-3,8,13H,4-5,12H2. The van der Waals surface area contributed by atoms with E-state index in [0.717, 1.165) is 15.7 Å². The number of halogens is 1. The lowest BCUT2D eigenvalue weighted by atomic mass is 9.97. The van der Waals surface area contributed by atoms with Crippen molar-refractivity contribution in [1.29, 1.82) is 0 Å². The van der Waals surface area contributed by atoms with Gasteiger partial charge in [-0.2, -0.15) is 0 Å². The summed E-state index contributed by atoms with van der Waals surface area (Å²) in [6.07, 6.45) is 0. The molecule has 74 valence electrons. The molecule has 3 N–H and O–H groups in total. The van der Waals surface area contributed by atoms with E-state index in [1.54, 1.807) is 0 Å². The van der Waals surface area contributed by atoms with Crippen molar-refractivity contribution in [2.75, 3.05) is 18.4 Å². The lowest BCUT2D eigenvalue weighted by Gasteiger charge is -2.06. The molecule has 1 aromatic carbocycles. The summed E-state index contributed by atoms with van der Waals surface area (Å²) in [6, 6.07) is 5.91. The molecule has 1 heterocycles. The maximum absolute atomic E-state index is 11.5. The first-order chi connectivity index (χ1) is 6.72. The molecule has 1 atom stereocenters. The fraction of sp³-hybridized carbons (Fsp3) is 0.300. The normalized spacial score (nSPS) is 18.9. The fourth-order valence-corrected chi connectivity index (χ4v) is 2.11. The van der Waals surface area contributed by atoms with Crippen LogP contribution in [0, 0.1) is 0 Å². The maximum Gasteiger partial charge on any atom is 0.155 e. The van der Waals surface area contributed by atoms with Crippen molar-refractivity contribution < 1.29 is 4.79 Å². The Kier molecular flexibility index (Phi) is 2.56. The first-order valence-corrected chi connectivity index (χ1v) is 5.28. The van der Waals surface area contributed by atoms with E-state index in [2.05, 4.69) is 21.2 Å². The molecule has 0 saturated heterocycles. The van der Waals surface area contributed by atoms with E-state index in [4.69, 9.17) is 5.73 Å². The second-order valence-electron chi connectivity index (χ2n) is 3.34. The third-order valence-electron chi connectivity index (χ3n) is 2.48. The van der Waals surface area contributed by atoms with Gasteiger partial charge in [-0.05, 0) is 23.8 Å². The van der Waals surface area contributed by atoms with E-state index in [1.807, 2.05) is 18.2 Å². The van der Waals surface area contributed by atoms with Crippen LogP contribution in [-0.2, 0) is 4.79 Å². The van der Waals surface area contributed by atoms with Crippen molar-refractivity contribution >= 4 is 27.4 Å². The highest BCUT2D eigenvalue weighted by atomic mass is 79.9. The monoisotopic (exact) mass is 254 g/mol. The summed E-state index contributed by atoms with van der Waals surface area (Å²) in [4.78, 5) is 11.5. The molecule has 0 fully saturated rings. The van der Waals surface area contributed by atoms with Crippen LogP contribution in [0.25, 0.3) is 0 Å². The molecule has 0 aromatic heterocycles. The van der Waals surface area contributed by atoms with Gasteiger partial charge in [-0.15, -0.1) is 0 Å². The average molecular weight is 255 g/mol. The van der Waals surface area contributed by atoms with Crippen LogP contribution in [0.5, 0.6) is 0 Å². The summed E-state index contributed by atoms with van der Waals surface area (Å²) >= 11 is 3.39. The van der Waals surface area contributed by atoms with Gasteiger partial charge in [0.15, 0.2) is 5.78 Å². The van der Waals surface area contributed by atoms with Gasteiger partial charge in [0.05, 0.1) is 12.5 Å². The van der Waals surface area contributed by atoms with E-state index in [0.29, 0.717) is 6.54 Å². The zero-order valence-electron chi connectivity index (χ0n) is 7.59. The van der Waals surface area contributed by atoms with Crippen LogP contribution in [0.15, 0.2) is 22.7 Å². The number of hydrogen-bond donors (Lipinski definition) is 2. The largest absolute Gasteiger partial charge is 0.384 e. The first kappa shape index (κ1) is 9.68. The summed E-state index contributed by atoms with van der Waals surface area (Å²) in [5.74, 6) is 0.0156.